The molecule has 1 aromatic heterocycles. The van der Waals surface area contributed by atoms with Crippen LogP contribution < -0.4 is 5.32 Å². The number of hydrogen-bond donors (Lipinski definition) is 2. The van der Waals surface area contributed by atoms with E-state index in [9.17, 15) is 14.9 Å². The van der Waals surface area contributed by atoms with E-state index in [0.29, 0.717) is 17.0 Å². The third-order valence-electron chi connectivity index (χ3n) is 2.95. The minimum absolute atomic E-state index is 0.136. The summed E-state index contributed by atoms with van der Waals surface area (Å²) in [4.78, 5) is 22.7. The molecule has 20 heavy (non-hydrogen) atoms. The van der Waals surface area contributed by atoms with Crippen molar-refractivity contribution in [3.63, 3.8) is 0 Å². The van der Waals surface area contributed by atoms with Gasteiger partial charge >= 0.3 is 0 Å². The van der Waals surface area contributed by atoms with Crippen LogP contribution in [-0.2, 0) is 0 Å². The number of anilines is 1. The molecule has 0 spiro atoms. The molecule has 0 saturated carbocycles. The van der Waals surface area contributed by atoms with Crippen LogP contribution in [0, 0.1) is 30.9 Å². The van der Waals surface area contributed by atoms with Crippen molar-refractivity contribution in [3.05, 3.63) is 50.8 Å². The number of nitro benzene ring substituents is 1. The fraction of sp³-hybridized carbons (Fsp3) is 0.231. The zero-order chi connectivity index (χ0) is 14.9. The minimum atomic E-state index is -0.524. The topological polar surface area (TPSA) is 101 Å². The van der Waals surface area contributed by atoms with Gasteiger partial charge in [0.25, 0.3) is 11.6 Å². The maximum absolute atomic E-state index is 12.2. The molecule has 7 nitrogen and oxygen atoms in total. The second-order valence-corrected chi connectivity index (χ2v) is 4.54. The van der Waals surface area contributed by atoms with Crippen LogP contribution in [0.2, 0.25) is 0 Å². The molecule has 0 fully saturated rings. The standard InChI is InChI=1S/C13H14N4O3/c1-7-4-5-11(17(19)20)10(6-7)14-13(18)12-8(2)15-16-9(12)3/h4-6H,1-3H3,(H,14,18)(H,15,16). The zero-order valence-electron chi connectivity index (χ0n) is 11.4. The summed E-state index contributed by atoms with van der Waals surface area (Å²) in [5.41, 5.74) is 2.45. The molecule has 0 aliphatic carbocycles. The fourth-order valence-electron chi connectivity index (χ4n) is 1.98. The summed E-state index contributed by atoms with van der Waals surface area (Å²) in [6.45, 7) is 5.22. The molecule has 2 rings (SSSR count). The average Bonchev–Trinajstić information content (AvgIpc) is 2.68. The fourth-order valence-corrected chi connectivity index (χ4v) is 1.98. The number of hydrogen-bond acceptors (Lipinski definition) is 4. The lowest BCUT2D eigenvalue weighted by Gasteiger charge is -2.07. The Morgan fingerprint density at radius 1 is 1.35 bits per heavy atom. The van der Waals surface area contributed by atoms with E-state index in [1.807, 2.05) is 0 Å². The first-order chi connectivity index (χ1) is 9.40. The number of amides is 1. The van der Waals surface area contributed by atoms with E-state index in [1.165, 1.54) is 6.07 Å². The van der Waals surface area contributed by atoms with E-state index < -0.39 is 10.8 Å². The Balaban J connectivity index is 2.37. The van der Waals surface area contributed by atoms with Gasteiger partial charge in [0, 0.05) is 11.8 Å². The number of nitrogens with one attached hydrogen (secondary N) is 2. The predicted molar refractivity (Wildman–Crippen MR) is 73.8 cm³/mol. The van der Waals surface area contributed by atoms with Gasteiger partial charge in [0.2, 0.25) is 0 Å². The summed E-state index contributed by atoms with van der Waals surface area (Å²) in [7, 11) is 0. The van der Waals surface area contributed by atoms with Crippen LogP contribution in [-0.4, -0.2) is 21.0 Å². The monoisotopic (exact) mass is 274 g/mol. The normalized spacial score (nSPS) is 10.3. The quantitative estimate of drug-likeness (QED) is 0.663. The number of benzene rings is 1. The molecule has 1 heterocycles. The molecule has 7 heteroatoms. The largest absolute Gasteiger partial charge is 0.316 e. The molecule has 2 aromatic rings. The third-order valence-corrected chi connectivity index (χ3v) is 2.95. The minimum Gasteiger partial charge on any atom is -0.316 e. The molecule has 0 unspecified atom stereocenters. The Morgan fingerprint density at radius 2 is 2.05 bits per heavy atom. The number of carbonyl (C=O) groups is 1. The highest BCUT2D eigenvalue weighted by Gasteiger charge is 2.20. The van der Waals surface area contributed by atoms with Gasteiger partial charge in [-0.1, -0.05) is 6.07 Å². The van der Waals surface area contributed by atoms with E-state index in [1.54, 1.807) is 32.9 Å². The molecule has 1 aromatic carbocycles. The Kier molecular flexibility index (Phi) is 3.51. The van der Waals surface area contributed by atoms with Gasteiger partial charge in [0.1, 0.15) is 5.69 Å². The molecular formula is C13H14N4O3. The van der Waals surface area contributed by atoms with Crippen molar-refractivity contribution in [1.29, 1.82) is 0 Å². The molecule has 0 saturated heterocycles. The van der Waals surface area contributed by atoms with E-state index in [-0.39, 0.29) is 11.4 Å². The van der Waals surface area contributed by atoms with Crippen LogP contribution in [0.15, 0.2) is 18.2 Å². The van der Waals surface area contributed by atoms with Crippen LogP contribution in [0.1, 0.15) is 27.3 Å². The molecule has 0 atom stereocenters. The Hall–Kier alpha value is -2.70. The number of aromatic nitrogens is 2. The number of aromatic amines is 1. The second-order valence-electron chi connectivity index (χ2n) is 4.54. The van der Waals surface area contributed by atoms with E-state index in [2.05, 4.69) is 15.5 Å². The summed E-state index contributed by atoms with van der Waals surface area (Å²) in [5, 5.41) is 20.2. The molecule has 0 bridgehead atoms. The van der Waals surface area contributed by atoms with Crippen LogP contribution in [0.3, 0.4) is 0 Å². The van der Waals surface area contributed by atoms with Gasteiger partial charge in [-0.15, -0.1) is 0 Å². The van der Waals surface area contributed by atoms with Crippen molar-refractivity contribution in [1.82, 2.24) is 10.2 Å². The van der Waals surface area contributed by atoms with Crippen molar-refractivity contribution in [2.75, 3.05) is 5.32 Å². The number of rotatable bonds is 3. The van der Waals surface area contributed by atoms with E-state index in [0.717, 1.165) is 5.56 Å². The second kappa shape index (κ2) is 5.12. The van der Waals surface area contributed by atoms with Gasteiger partial charge in [0.15, 0.2) is 0 Å². The summed E-state index contributed by atoms with van der Waals surface area (Å²) in [6.07, 6.45) is 0. The van der Waals surface area contributed by atoms with Crippen LogP contribution in [0.5, 0.6) is 0 Å². The van der Waals surface area contributed by atoms with Gasteiger partial charge in [-0.05, 0) is 32.4 Å². The number of nitro groups is 1. The van der Waals surface area contributed by atoms with Crippen LogP contribution >= 0.6 is 0 Å². The smallest absolute Gasteiger partial charge is 0.292 e. The van der Waals surface area contributed by atoms with Crippen molar-refractivity contribution in [2.24, 2.45) is 0 Å². The first-order valence-corrected chi connectivity index (χ1v) is 5.98. The van der Waals surface area contributed by atoms with E-state index in [4.69, 9.17) is 0 Å². The highest BCUT2D eigenvalue weighted by atomic mass is 16.6. The number of carbonyl (C=O) groups excluding carboxylic acids is 1. The van der Waals surface area contributed by atoms with Gasteiger partial charge in [0.05, 0.1) is 16.2 Å². The lowest BCUT2D eigenvalue weighted by molar-refractivity contribution is -0.383. The van der Waals surface area contributed by atoms with Crippen molar-refractivity contribution in [2.45, 2.75) is 20.8 Å². The van der Waals surface area contributed by atoms with Gasteiger partial charge in [-0.25, -0.2) is 0 Å². The summed E-state index contributed by atoms with van der Waals surface area (Å²) in [6, 6.07) is 4.57. The summed E-state index contributed by atoms with van der Waals surface area (Å²) in [5.74, 6) is -0.414. The number of aryl methyl sites for hydroxylation is 3. The molecule has 1 amide bonds. The molecule has 0 radical (unpaired) electrons. The van der Waals surface area contributed by atoms with Crippen molar-refractivity contribution < 1.29 is 9.72 Å². The lowest BCUT2D eigenvalue weighted by Crippen LogP contribution is -2.15. The molecule has 0 aliphatic rings. The molecule has 2 N–H and O–H groups in total. The molecule has 104 valence electrons. The van der Waals surface area contributed by atoms with E-state index >= 15 is 0 Å². The zero-order valence-corrected chi connectivity index (χ0v) is 11.4. The van der Waals surface area contributed by atoms with Crippen molar-refractivity contribution >= 4 is 17.3 Å². The highest BCUT2D eigenvalue weighted by molar-refractivity contribution is 6.06. The highest BCUT2D eigenvalue weighted by Crippen LogP contribution is 2.26. The maximum atomic E-state index is 12.2. The summed E-state index contributed by atoms with van der Waals surface area (Å²) >= 11 is 0. The number of H-pyrrole nitrogens is 1. The number of nitrogens with zero attached hydrogens (tertiary/aromatic N) is 2. The first-order valence-electron chi connectivity index (χ1n) is 5.98. The Labute approximate surface area is 115 Å². The SMILES string of the molecule is Cc1ccc([N+](=O)[O-])c(NC(=O)c2c(C)n[nH]c2C)c1. The first kappa shape index (κ1) is 13.7. The van der Waals surface area contributed by atoms with Crippen molar-refractivity contribution in [3.8, 4) is 0 Å². The summed E-state index contributed by atoms with van der Waals surface area (Å²) < 4.78 is 0. The molecule has 0 aliphatic heterocycles. The van der Waals surface area contributed by atoms with Gasteiger partial charge in [-0.2, -0.15) is 5.10 Å². The maximum Gasteiger partial charge on any atom is 0.292 e. The predicted octanol–water partition coefficient (Wildman–Crippen LogP) is 2.50. The lowest BCUT2D eigenvalue weighted by atomic mass is 10.1. The Bertz CT molecular complexity index is 671. The molecular weight excluding hydrogens is 260 g/mol. The Morgan fingerprint density at radius 3 is 2.60 bits per heavy atom. The van der Waals surface area contributed by atoms with Crippen LogP contribution in [0.25, 0.3) is 0 Å². The van der Waals surface area contributed by atoms with Gasteiger partial charge < -0.3 is 5.32 Å². The third kappa shape index (κ3) is 2.51. The average molecular weight is 274 g/mol. The van der Waals surface area contributed by atoms with Gasteiger partial charge in [-0.3, -0.25) is 20.0 Å². The van der Waals surface area contributed by atoms with Crippen LogP contribution in [0.4, 0.5) is 11.4 Å².